The van der Waals surface area contributed by atoms with Crippen LogP contribution in [0, 0.1) is 19.8 Å². The van der Waals surface area contributed by atoms with Crippen molar-refractivity contribution in [1.29, 1.82) is 0 Å². The van der Waals surface area contributed by atoms with Crippen molar-refractivity contribution in [2.75, 3.05) is 0 Å². The standard InChI is InChI=1S/C16H23Cl/c1-12-8-9-15(13(2)10-12)16(17)11-14-6-4-3-5-7-14/h8-10,14,16H,3-7,11H2,1-2H3. The Morgan fingerprint density at radius 1 is 1.18 bits per heavy atom. The smallest absolute Gasteiger partial charge is 0.0590 e. The molecule has 94 valence electrons. The predicted molar refractivity (Wildman–Crippen MR) is 75.7 cm³/mol. The molecule has 0 amide bonds. The van der Waals surface area contributed by atoms with Gasteiger partial charge in [0.2, 0.25) is 0 Å². The van der Waals surface area contributed by atoms with Gasteiger partial charge in [0.25, 0.3) is 0 Å². The lowest BCUT2D eigenvalue weighted by molar-refractivity contribution is 0.336. The monoisotopic (exact) mass is 250 g/mol. The first kappa shape index (κ1) is 13.0. The molecule has 2 rings (SSSR count). The summed E-state index contributed by atoms with van der Waals surface area (Å²) in [4.78, 5) is 0. The maximum absolute atomic E-state index is 6.60. The van der Waals surface area contributed by atoms with Gasteiger partial charge in [-0.15, -0.1) is 11.6 Å². The van der Waals surface area contributed by atoms with E-state index in [4.69, 9.17) is 11.6 Å². The molecule has 0 bridgehead atoms. The van der Waals surface area contributed by atoms with Crippen LogP contribution in [0.5, 0.6) is 0 Å². The summed E-state index contributed by atoms with van der Waals surface area (Å²) in [5.74, 6) is 0.854. The van der Waals surface area contributed by atoms with Gasteiger partial charge in [-0.25, -0.2) is 0 Å². The summed E-state index contributed by atoms with van der Waals surface area (Å²) in [6.07, 6.45) is 8.16. The maximum atomic E-state index is 6.60. The zero-order valence-corrected chi connectivity index (χ0v) is 11.8. The van der Waals surface area contributed by atoms with Crippen molar-refractivity contribution in [3.05, 3.63) is 34.9 Å². The zero-order chi connectivity index (χ0) is 12.3. The minimum Gasteiger partial charge on any atom is -0.118 e. The Hall–Kier alpha value is -0.490. The molecule has 1 aromatic carbocycles. The largest absolute Gasteiger partial charge is 0.118 e. The van der Waals surface area contributed by atoms with Crippen molar-refractivity contribution < 1.29 is 0 Å². The lowest BCUT2D eigenvalue weighted by Gasteiger charge is -2.24. The van der Waals surface area contributed by atoms with E-state index >= 15 is 0 Å². The van der Waals surface area contributed by atoms with Gasteiger partial charge in [-0.1, -0.05) is 55.9 Å². The van der Waals surface area contributed by atoms with Crippen LogP contribution in [0.25, 0.3) is 0 Å². The van der Waals surface area contributed by atoms with Crippen LogP contribution in [0.3, 0.4) is 0 Å². The molecule has 0 spiro atoms. The SMILES string of the molecule is Cc1ccc(C(Cl)CC2CCCCC2)c(C)c1. The molecule has 1 saturated carbocycles. The van der Waals surface area contributed by atoms with Crippen LogP contribution in [0.4, 0.5) is 0 Å². The van der Waals surface area contributed by atoms with E-state index in [1.54, 1.807) is 0 Å². The highest BCUT2D eigenvalue weighted by Crippen LogP contribution is 2.36. The van der Waals surface area contributed by atoms with Gasteiger partial charge < -0.3 is 0 Å². The average Bonchev–Trinajstić information content (AvgIpc) is 2.30. The van der Waals surface area contributed by atoms with E-state index in [1.807, 2.05) is 0 Å². The van der Waals surface area contributed by atoms with Crippen LogP contribution < -0.4 is 0 Å². The molecule has 1 aromatic rings. The fourth-order valence-electron chi connectivity index (χ4n) is 3.02. The first-order valence-corrected chi connectivity index (χ1v) is 7.31. The van der Waals surface area contributed by atoms with Crippen LogP contribution in [-0.4, -0.2) is 0 Å². The quantitative estimate of drug-likeness (QED) is 0.617. The van der Waals surface area contributed by atoms with Crippen molar-refractivity contribution in [2.45, 2.75) is 57.7 Å². The highest BCUT2D eigenvalue weighted by atomic mass is 35.5. The number of hydrogen-bond donors (Lipinski definition) is 0. The van der Waals surface area contributed by atoms with Gasteiger partial charge in [-0.2, -0.15) is 0 Å². The molecule has 0 N–H and O–H groups in total. The molecule has 1 fully saturated rings. The van der Waals surface area contributed by atoms with Gasteiger partial charge in [0.05, 0.1) is 5.38 Å². The fourth-order valence-corrected chi connectivity index (χ4v) is 3.52. The van der Waals surface area contributed by atoms with Crippen molar-refractivity contribution in [3.8, 4) is 0 Å². The van der Waals surface area contributed by atoms with Crippen molar-refractivity contribution in [2.24, 2.45) is 5.92 Å². The molecule has 1 unspecified atom stereocenters. The number of halogens is 1. The molecular formula is C16H23Cl. The van der Waals surface area contributed by atoms with E-state index in [2.05, 4.69) is 32.0 Å². The second-order valence-electron chi connectivity index (χ2n) is 5.57. The molecule has 17 heavy (non-hydrogen) atoms. The van der Waals surface area contributed by atoms with Gasteiger partial charge in [0, 0.05) is 0 Å². The third kappa shape index (κ3) is 3.48. The Morgan fingerprint density at radius 2 is 1.88 bits per heavy atom. The summed E-state index contributed by atoms with van der Waals surface area (Å²) in [5.41, 5.74) is 4.01. The van der Waals surface area contributed by atoms with E-state index in [0.717, 1.165) is 12.3 Å². The fraction of sp³-hybridized carbons (Fsp3) is 0.625. The highest BCUT2D eigenvalue weighted by Gasteiger charge is 2.19. The zero-order valence-electron chi connectivity index (χ0n) is 11.0. The van der Waals surface area contributed by atoms with Gasteiger partial charge in [0.1, 0.15) is 0 Å². The molecule has 0 radical (unpaired) electrons. The third-order valence-electron chi connectivity index (χ3n) is 4.03. The van der Waals surface area contributed by atoms with E-state index in [1.165, 1.54) is 48.8 Å². The number of rotatable bonds is 3. The molecule has 0 aromatic heterocycles. The molecule has 0 aliphatic heterocycles. The topological polar surface area (TPSA) is 0 Å². The minimum atomic E-state index is 0.207. The maximum Gasteiger partial charge on any atom is 0.0590 e. The van der Waals surface area contributed by atoms with Crippen molar-refractivity contribution >= 4 is 11.6 Å². The summed E-state index contributed by atoms with van der Waals surface area (Å²) in [7, 11) is 0. The molecular weight excluding hydrogens is 228 g/mol. The van der Waals surface area contributed by atoms with E-state index in [0.29, 0.717) is 0 Å². The number of aryl methyl sites for hydroxylation is 2. The van der Waals surface area contributed by atoms with Gasteiger partial charge in [-0.05, 0) is 37.3 Å². The molecule has 1 heteroatoms. The predicted octanol–water partition coefficient (Wildman–Crippen LogP) is 5.55. The summed E-state index contributed by atoms with van der Waals surface area (Å²) in [5, 5.41) is 0.207. The van der Waals surface area contributed by atoms with Crippen molar-refractivity contribution in [3.63, 3.8) is 0 Å². The third-order valence-corrected chi connectivity index (χ3v) is 4.44. The Kier molecular flexibility index (Phi) is 4.50. The van der Waals surface area contributed by atoms with Gasteiger partial charge in [0.15, 0.2) is 0 Å². The number of hydrogen-bond acceptors (Lipinski definition) is 0. The minimum absolute atomic E-state index is 0.207. The van der Waals surface area contributed by atoms with E-state index in [9.17, 15) is 0 Å². The molecule has 0 heterocycles. The first-order valence-electron chi connectivity index (χ1n) is 6.88. The van der Waals surface area contributed by atoms with Crippen LogP contribution in [-0.2, 0) is 0 Å². The molecule has 1 aliphatic rings. The molecule has 1 aliphatic carbocycles. The highest BCUT2D eigenvalue weighted by molar-refractivity contribution is 6.20. The van der Waals surface area contributed by atoms with E-state index < -0.39 is 0 Å². The average molecular weight is 251 g/mol. The van der Waals surface area contributed by atoms with Crippen LogP contribution in [0.2, 0.25) is 0 Å². The normalized spacial score (nSPS) is 19.2. The van der Waals surface area contributed by atoms with Gasteiger partial charge in [-0.3, -0.25) is 0 Å². The number of benzene rings is 1. The summed E-state index contributed by atoms with van der Waals surface area (Å²) in [6, 6.07) is 6.63. The Morgan fingerprint density at radius 3 is 2.53 bits per heavy atom. The Balaban J connectivity index is 2.00. The number of alkyl halides is 1. The van der Waals surface area contributed by atoms with Crippen LogP contribution in [0.15, 0.2) is 18.2 Å². The van der Waals surface area contributed by atoms with Crippen molar-refractivity contribution in [1.82, 2.24) is 0 Å². The molecule has 1 atom stereocenters. The van der Waals surface area contributed by atoms with Crippen LogP contribution >= 0.6 is 11.6 Å². The Bertz CT molecular complexity index is 364. The molecule has 0 nitrogen and oxygen atoms in total. The van der Waals surface area contributed by atoms with Gasteiger partial charge >= 0.3 is 0 Å². The second kappa shape index (κ2) is 5.91. The first-order chi connectivity index (χ1) is 8.16. The lowest BCUT2D eigenvalue weighted by Crippen LogP contribution is -2.09. The molecule has 0 saturated heterocycles. The second-order valence-corrected chi connectivity index (χ2v) is 6.09. The van der Waals surface area contributed by atoms with E-state index in [-0.39, 0.29) is 5.38 Å². The van der Waals surface area contributed by atoms with Crippen LogP contribution in [0.1, 0.15) is 60.6 Å². The summed E-state index contributed by atoms with van der Waals surface area (Å²) < 4.78 is 0. The lowest BCUT2D eigenvalue weighted by atomic mass is 9.84. The summed E-state index contributed by atoms with van der Waals surface area (Å²) in [6.45, 7) is 4.32. The Labute approximate surface area is 110 Å². The summed E-state index contributed by atoms with van der Waals surface area (Å²) >= 11 is 6.60.